The van der Waals surface area contributed by atoms with Crippen molar-refractivity contribution in [2.45, 2.75) is 25.5 Å². The number of carbonyl (C=O) groups is 2. The maximum Gasteiger partial charge on any atom is 0.255 e. The maximum atomic E-state index is 12.5. The van der Waals surface area contributed by atoms with Gasteiger partial charge in [-0.15, -0.1) is 0 Å². The third kappa shape index (κ3) is 4.19. The number of ether oxygens (including phenoxy) is 2. The molecule has 2 aromatic carbocycles. The van der Waals surface area contributed by atoms with Crippen LogP contribution in [-0.2, 0) is 32.0 Å². The number of hydrogen-bond acceptors (Lipinski definition) is 4. The van der Waals surface area contributed by atoms with E-state index >= 15 is 0 Å². The normalized spacial score (nSPS) is 19.2. The van der Waals surface area contributed by atoms with E-state index in [4.69, 9.17) is 21.1 Å². The standard InChI is InChI=1S/C21H21ClN2O4/c22-16-4-1-14(2-5-16)12-24-18-7-6-17(11-15(18)3-8-20(24)25)23-21(26)19-13-27-9-10-28-19/h1-2,4-7,11,19H,3,8-10,12-13H2,(H,23,26)/t19-/m0/s1. The molecular weight excluding hydrogens is 380 g/mol. The van der Waals surface area contributed by atoms with Crippen molar-refractivity contribution in [3.05, 3.63) is 58.6 Å². The van der Waals surface area contributed by atoms with Crippen molar-refractivity contribution in [2.24, 2.45) is 0 Å². The van der Waals surface area contributed by atoms with Crippen molar-refractivity contribution >= 4 is 34.8 Å². The molecule has 2 aliphatic rings. The molecule has 0 spiro atoms. The van der Waals surface area contributed by atoms with Crippen molar-refractivity contribution in [1.29, 1.82) is 0 Å². The van der Waals surface area contributed by atoms with Crippen molar-refractivity contribution in [3.8, 4) is 0 Å². The Bertz CT molecular complexity index is 878. The molecule has 0 radical (unpaired) electrons. The molecule has 6 nitrogen and oxygen atoms in total. The van der Waals surface area contributed by atoms with Gasteiger partial charge in [0.05, 0.1) is 26.4 Å². The molecule has 1 N–H and O–H groups in total. The molecule has 2 amide bonds. The molecule has 4 rings (SSSR count). The number of nitrogens with zero attached hydrogens (tertiary/aromatic N) is 1. The maximum absolute atomic E-state index is 12.5. The highest BCUT2D eigenvalue weighted by molar-refractivity contribution is 6.30. The van der Waals surface area contributed by atoms with Gasteiger partial charge in [0.25, 0.3) is 5.91 Å². The first-order valence-electron chi connectivity index (χ1n) is 9.28. The number of fused-ring (bicyclic) bond motifs is 1. The number of nitrogens with one attached hydrogen (secondary N) is 1. The lowest BCUT2D eigenvalue weighted by Crippen LogP contribution is -2.39. The topological polar surface area (TPSA) is 67.9 Å². The highest BCUT2D eigenvalue weighted by Gasteiger charge is 2.26. The molecule has 1 atom stereocenters. The Hall–Kier alpha value is -2.41. The van der Waals surface area contributed by atoms with E-state index in [0.29, 0.717) is 43.3 Å². The molecule has 28 heavy (non-hydrogen) atoms. The molecule has 2 heterocycles. The Kier molecular flexibility index (Phi) is 5.62. The Morgan fingerprint density at radius 1 is 1.14 bits per heavy atom. The summed E-state index contributed by atoms with van der Waals surface area (Å²) < 4.78 is 10.7. The molecule has 0 unspecified atom stereocenters. The summed E-state index contributed by atoms with van der Waals surface area (Å²) >= 11 is 5.95. The third-order valence-electron chi connectivity index (χ3n) is 4.91. The molecule has 0 saturated carbocycles. The van der Waals surface area contributed by atoms with E-state index in [1.807, 2.05) is 42.5 Å². The average Bonchev–Trinajstić information content (AvgIpc) is 2.72. The van der Waals surface area contributed by atoms with Gasteiger partial charge in [0.2, 0.25) is 5.91 Å². The number of halogens is 1. The van der Waals surface area contributed by atoms with Gasteiger partial charge in [-0.3, -0.25) is 9.59 Å². The highest BCUT2D eigenvalue weighted by atomic mass is 35.5. The van der Waals surface area contributed by atoms with Crippen molar-refractivity contribution in [3.63, 3.8) is 0 Å². The number of aryl methyl sites for hydroxylation is 1. The van der Waals surface area contributed by atoms with E-state index in [0.717, 1.165) is 16.8 Å². The molecule has 0 aromatic heterocycles. The zero-order valence-corrected chi connectivity index (χ0v) is 16.1. The monoisotopic (exact) mass is 400 g/mol. The van der Waals surface area contributed by atoms with Gasteiger partial charge < -0.3 is 19.7 Å². The average molecular weight is 401 g/mol. The van der Waals surface area contributed by atoms with Crippen molar-refractivity contribution < 1.29 is 19.1 Å². The van der Waals surface area contributed by atoms with E-state index in [9.17, 15) is 9.59 Å². The molecular formula is C21H21ClN2O4. The molecule has 146 valence electrons. The number of rotatable bonds is 4. The van der Waals surface area contributed by atoms with E-state index in [-0.39, 0.29) is 18.4 Å². The second-order valence-corrected chi connectivity index (χ2v) is 7.31. The lowest BCUT2D eigenvalue weighted by Gasteiger charge is -2.30. The van der Waals surface area contributed by atoms with Gasteiger partial charge in [-0.25, -0.2) is 0 Å². The first-order valence-corrected chi connectivity index (χ1v) is 9.66. The summed E-state index contributed by atoms with van der Waals surface area (Å²) in [7, 11) is 0. The van der Waals surface area contributed by atoms with E-state index in [1.165, 1.54) is 0 Å². The van der Waals surface area contributed by atoms with Crippen LogP contribution in [0.4, 0.5) is 11.4 Å². The number of carbonyl (C=O) groups excluding carboxylic acids is 2. The summed E-state index contributed by atoms with van der Waals surface area (Å²) in [6.07, 6.45) is 0.503. The summed E-state index contributed by atoms with van der Waals surface area (Å²) in [6, 6.07) is 13.1. The van der Waals surface area contributed by atoms with Crippen LogP contribution < -0.4 is 10.2 Å². The van der Waals surface area contributed by atoms with E-state index < -0.39 is 6.10 Å². The lowest BCUT2D eigenvalue weighted by molar-refractivity contribution is -0.142. The molecule has 7 heteroatoms. The lowest BCUT2D eigenvalue weighted by atomic mass is 9.99. The zero-order chi connectivity index (χ0) is 19.5. The molecule has 2 aliphatic heterocycles. The van der Waals surface area contributed by atoms with Crippen LogP contribution in [-0.4, -0.2) is 37.7 Å². The predicted molar refractivity (Wildman–Crippen MR) is 107 cm³/mol. The van der Waals surface area contributed by atoms with Crippen LogP contribution >= 0.6 is 11.6 Å². The molecule has 0 aliphatic carbocycles. The van der Waals surface area contributed by atoms with Gasteiger partial charge >= 0.3 is 0 Å². The van der Waals surface area contributed by atoms with Crippen LogP contribution in [0.15, 0.2) is 42.5 Å². The molecule has 1 saturated heterocycles. The fourth-order valence-corrected chi connectivity index (χ4v) is 3.57. The fraction of sp³-hybridized carbons (Fsp3) is 0.333. The Morgan fingerprint density at radius 3 is 2.71 bits per heavy atom. The van der Waals surface area contributed by atoms with Crippen molar-refractivity contribution in [1.82, 2.24) is 0 Å². The van der Waals surface area contributed by atoms with Gasteiger partial charge in [-0.1, -0.05) is 23.7 Å². The quantitative estimate of drug-likeness (QED) is 0.855. The third-order valence-corrected chi connectivity index (χ3v) is 5.16. The van der Waals surface area contributed by atoms with Gasteiger partial charge in [0.1, 0.15) is 0 Å². The summed E-state index contributed by atoms with van der Waals surface area (Å²) in [5.41, 5.74) is 3.62. The minimum atomic E-state index is -0.590. The molecule has 1 fully saturated rings. The second-order valence-electron chi connectivity index (χ2n) is 6.87. The number of benzene rings is 2. The smallest absolute Gasteiger partial charge is 0.255 e. The van der Waals surface area contributed by atoms with E-state index in [2.05, 4.69) is 5.32 Å². The Balaban J connectivity index is 1.50. The van der Waals surface area contributed by atoms with Gasteiger partial charge in [-0.2, -0.15) is 0 Å². The summed E-state index contributed by atoms with van der Waals surface area (Å²) in [5.74, 6) is -0.128. The summed E-state index contributed by atoms with van der Waals surface area (Å²) in [6.45, 7) is 1.69. The minimum absolute atomic E-state index is 0.0898. The Morgan fingerprint density at radius 2 is 1.96 bits per heavy atom. The van der Waals surface area contributed by atoms with Crippen LogP contribution in [0.5, 0.6) is 0 Å². The fourth-order valence-electron chi connectivity index (χ4n) is 3.45. The number of hydrogen-bond donors (Lipinski definition) is 1. The van der Waals surface area contributed by atoms with E-state index in [1.54, 1.807) is 4.90 Å². The predicted octanol–water partition coefficient (Wildman–Crippen LogP) is 3.17. The second kappa shape index (κ2) is 8.31. The van der Waals surface area contributed by atoms with Gasteiger partial charge in [0, 0.05) is 22.8 Å². The largest absolute Gasteiger partial charge is 0.376 e. The number of anilines is 2. The SMILES string of the molecule is O=C(Nc1ccc2c(c1)CCC(=O)N2Cc1ccc(Cl)cc1)[C@@H]1COCCO1. The van der Waals surface area contributed by atoms with Crippen molar-refractivity contribution in [2.75, 3.05) is 30.0 Å². The molecule has 0 bridgehead atoms. The highest BCUT2D eigenvalue weighted by Crippen LogP contribution is 2.31. The van der Waals surface area contributed by atoms with Crippen LogP contribution in [0.2, 0.25) is 5.02 Å². The zero-order valence-electron chi connectivity index (χ0n) is 15.3. The number of amides is 2. The Labute approximate surface area is 168 Å². The minimum Gasteiger partial charge on any atom is -0.376 e. The summed E-state index contributed by atoms with van der Waals surface area (Å²) in [4.78, 5) is 26.6. The van der Waals surface area contributed by atoms with Crippen LogP contribution in [0.25, 0.3) is 0 Å². The van der Waals surface area contributed by atoms with Crippen LogP contribution in [0.3, 0.4) is 0 Å². The first kappa shape index (κ1) is 18.9. The van der Waals surface area contributed by atoms with Gasteiger partial charge in [-0.05, 0) is 47.9 Å². The molecule has 2 aromatic rings. The first-order chi connectivity index (χ1) is 13.6. The summed E-state index contributed by atoms with van der Waals surface area (Å²) in [5, 5.41) is 3.55. The van der Waals surface area contributed by atoms with Gasteiger partial charge in [0.15, 0.2) is 6.10 Å². The van der Waals surface area contributed by atoms with Crippen LogP contribution in [0, 0.1) is 0 Å². The van der Waals surface area contributed by atoms with Crippen LogP contribution in [0.1, 0.15) is 17.5 Å².